The first-order valence-corrected chi connectivity index (χ1v) is 16.1. The number of rotatable bonds is 29. The maximum absolute atomic E-state index is 12.1. The number of ketones is 1. The van der Waals surface area contributed by atoms with E-state index in [1.807, 2.05) is 0 Å². The Balaban J connectivity index is 3.23. The highest BCUT2D eigenvalue weighted by Gasteiger charge is 2.02. The van der Waals surface area contributed by atoms with Crippen LogP contribution in [-0.2, 0) is 4.79 Å². The highest BCUT2D eigenvalue weighted by Crippen LogP contribution is 2.14. The standard InChI is InChI=1S/C34H64O/c1-3-5-7-9-11-13-15-17-18-19-21-23-25-27-29-31-33-34(35)32-30-28-26-24-22-20-16-14-12-10-8-6-4-2/h11,13,17-18H,3-10,12,14-16,19-33H2,1-2H3. The molecule has 0 aliphatic rings. The molecule has 35 heavy (non-hydrogen) atoms. The molecule has 0 fully saturated rings. The summed E-state index contributed by atoms with van der Waals surface area (Å²) in [4.78, 5) is 12.1. The maximum atomic E-state index is 12.1. The minimum Gasteiger partial charge on any atom is -0.300 e. The van der Waals surface area contributed by atoms with Gasteiger partial charge in [-0.25, -0.2) is 0 Å². The Kier molecular flexibility index (Phi) is 30.4. The molecule has 1 heteroatoms. The van der Waals surface area contributed by atoms with E-state index >= 15 is 0 Å². The molecular weight excluding hydrogens is 424 g/mol. The van der Waals surface area contributed by atoms with Crippen LogP contribution in [0, 0.1) is 0 Å². The molecule has 0 rings (SSSR count). The van der Waals surface area contributed by atoms with Crippen molar-refractivity contribution in [3.8, 4) is 0 Å². The summed E-state index contributed by atoms with van der Waals surface area (Å²) >= 11 is 0. The lowest BCUT2D eigenvalue weighted by Crippen LogP contribution is -1.97. The summed E-state index contributed by atoms with van der Waals surface area (Å²) in [6, 6.07) is 0. The average Bonchev–Trinajstić information content (AvgIpc) is 2.86. The molecule has 0 saturated carbocycles. The maximum Gasteiger partial charge on any atom is 0.132 e. The molecule has 0 radical (unpaired) electrons. The summed E-state index contributed by atoms with van der Waals surface area (Å²) in [5.74, 6) is 0.512. The Morgan fingerprint density at radius 1 is 0.400 bits per heavy atom. The third-order valence-electron chi connectivity index (χ3n) is 7.22. The Bertz CT molecular complexity index is 461. The van der Waals surface area contributed by atoms with Crippen molar-refractivity contribution in [3.63, 3.8) is 0 Å². The van der Waals surface area contributed by atoms with E-state index in [1.165, 1.54) is 141 Å². The third-order valence-corrected chi connectivity index (χ3v) is 7.22. The third kappa shape index (κ3) is 31.1. The van der Waals surface area contributed by atoms with Gasteiger partial charge in [0.15, 0.2) is 0 Å². The van der Waals surface area contributed by atoms with Gasteiger partial charge in [-0.15, -0.1) is 0 Å². The van der Waals surface area contributed by atoms with Crippen molar-refractivity contribution in [2.75, 3.05) is 0 Å². The van der Waals surface area contributed by atoms with E-state index in [1.54, 1.807) is 0 Å². The van der Waals surface area contributed by atoms with E-state index < -0.39 is 0 Å². The van der Waals surface area contributed by atoms with Gasteiger partial charge in [0.1, 0.15) is 5.78 Å². The van der Waals surface area contributed by atoms with E-state index in [9.17, 15) is 4.79 Å². The van der Waals surface area contributed by atoms with Crippen LogP contribution in [0.4, 0.5) is 0 Å². The fraction of sp³-hybridized carbons (Fsp3) is 0.853. The van der Waals surface area contributed by atoms with Crippen molar-refractivity contribution < 1.29 is 4.79 Å². The lowest BCUT2D eigenvalue weighted by Gasteiger charge is -2.04. The lowest BCUT2D eigenvalue weighted by molar-refractivity contribution is -0.119. The van der Waals surface area contributed by atoms with Crippen molar-refractivity contribution in [1.82, 2.24) is 0 Å². The molecule has 0 spiro atoms. The minimum atomic E-state index is 0.512. The van der Waals surface area contributed by atoms with Crippen LogP contribution >= 0.6 is 0 Å². The molecule has 0 bridgehead atoms. The Morgan fingerprint density at radius 2 is 0.714 bits per heavy atom. The molecule has 0 saturated heterocycles. The largest absolute Gasteiger partial charge is 0.300 e. The second kappa shape index (κ2) is 31.2. The Labute approximate surface area is 222 Å². The molecule has 0 amide bonds. The van der Waals surface area contributed by atoms with Gasteiger partial charge >= 0.3 is 0 Å². The van der Waals surface area contributed by atoms with Crippen molar-refractivity contribution in [2.24, 2.45) is 0 Å². The smallest absolute Gasteiger partial charge is 0.132 e. The summed E-state index contributed by atoms with van der Waals surface area (Å²) in [5, 5.41) is 0. The van der Waals surface area contributed by atoms with Gasteiger partial charge in [-0.3, -0.25) is 4.79 Å². The van der Waals surface area contributed by atoms with Gasteiger partial charge in [0.05, 0.1) is 0 Å². The first kappa shape index (κ1) is 34.1. The molecule has 0 aliphatic carbocycles. The second-order valence-corrected chi connectivity index (χ2v) is 10.9. The van der Waals surface area contributed by atoms with Gasteiger partial charge in [0.2, 0.25) is 0 Å². The number of unbranched alkanes of at least 4 members (excludes halogenated alkanes) is 21. The number of carbonyl (C=O) groups excluding carboxylic acids is 1. The summed E-state index contributed by atoms with van der Waals surface area (Å²) < 4.78 is 0. The highest BCUT2D eigenvalue weighted by atomic mass is 16.1. The van der Waals surface area contributed by atoms with Crippen LogP contribution in [0.2, 0.25) is 0 Å². The summed E-state index contributed by atoms with van der Waals surface area (Å²) in [7, 11) is 0. The number of Topliss-reactive ketones (excluding diaryl/α,β-unsaturated/α-hetero) is 1. The Hall–Kier alpha value is -0.850. The number of hydrogen-bond acceptors (Lipinski definition) is 1. The molecule has 0 aromatic heterocycles. The average molecular weight is 489 g/mol. The first-order valence-electron chi connectivity index (χ1n) is 16.1. The van der Waals surface area contributed by atoms with Crippen LogP contribution in [0.3, 0.4) is 0 Å². The van der Waals surface area contributed by atoms with Gasteiger partial charge in [0, 0.05) is 12.8 Å². The van der Waals surface area contributed by atoms with Crippen LogP contribution < -0.4 is 0 Å². The SMILES string of the molecule is CCCCCC=CCC=CCCCCCCCCC(=O)CCCCCCCCCCCCCCC. The minimum absolute atomic E-state index is 0.512. The zero-order valence-electron chi connectivity index (χ0n) is 24.3. The van der Waals surface area contributed by atoms with Crippen molar-refractivity contribution in [2.45, 2.75) is 187 Å². The number of allylic oxidation sites excluding steroid dienone is 4. The molecule has 0 aromatic rings. The van der Waals surface area contributed by atoms with Crippen LogP contribution in [0.25, 0.3) is 0 Å². The van der Waals surface area contributed by atoms with Gasteiger partial charge in [0.25, 0.3) is 0 Å². The van der Waals surface area contributed by atoms with Crippen LogP contribution in [-0.4, -0.2) is 5.78 Å². The van der Waals surface area contributed by atoms with Gasteiger partial charge in [-0.1, -0.05) is 154 Å². The predicted octanol–water partition coefficient (Wildman–Crippen LogP) is 12.2. The quantitative estimate of drug-likeness (QED) is 0.0755. The molecular formula is C34H64O. The lowest BCUT2D eigenvalue weighted by atomic mass is 10.0. The summed E-state index contributed by atoms with van der Waals surface area (Å²) in [6.07, 6.45) is 44.0. The topological polar surface area (TPSA) is 17.1 Å². The molecule has 0 aromatic carbocycles. The predicted molar refractivity (Wildman–Crippen MR) is 159 cm³/mol. The molecule has 1 nitrogen and oxygen atoms in total. The van der Waals surface area contributed by atoms with Crippen LogP contribution in [0.15, 0.2) is 24.3 Å². The second-order valence-electron chi connectivity index (χ2n) is 10.9. The zero-order chi connectivity index (χ0) is 25.5. The molecule has 0 unspecified atom stereocenters. The number of hydrogen-bond donors (Lipinski definition) is 0. The van der Waals surface area contributed by atoms with Crippen molar-refractivity contribution in [1.29, 1.82) is 0 Å². The summed E-state index contributed by atoms with van der Waals surface area (Å²) in [5.41, 5.74) is 0. The van der Waals surface area contributed by atoms with Crippen molar-refractivity contribution >= 4 is 5.78 Å². The molecule has 206 valence electrons. The van der Waals surface area contributed by atoms with E-state index in [0.717, 1.165) is 32.1 Å². The molecule has 0 atom stereocenters. The Morgan fingerprint density at radius 3 is 1.14 bits per heavy atom. The first-order chi connectivity index (χ1) is 17.3. The molecule has 0 heterocycles. The fourth-order valence-electron chi connectivity index (χ4n) is 4.78. The van der Waals surface area contributed by atoms with E-state index in [-0.39, 0.29) is 0 Å². The van der Waals surface area contributed by atoms with Crippen LogP contribution in [0.1, 0.15) is 187 Å². The van der Waals surface area contributed by atoms with Gasteiger partial charge < -0.3 is 0 Å². The van der Waals surface area contributed by atoms with Gasteiger partial charge in [-0.2, -0.15) is 0 Å². The summed E-state index contributed by atoms with van der Waals surface area (Å²) in [6.45, 7) is 4.55. The van der Waals surface area contributed by atoms with Crippen LogP contribution in [0.5, 0.6) is 0 Å². The van der Waals surface area contributed by atoms with E-state index in [0.29, 0.717) is 5.78 Å². The van der Waals surface area contributed by atoms with Crippen molar-refractivity contribution in [3.05, 3.63) is 24.3 Å². The zero-order valence-corrected chi connectivity index (χ0v) is 24.3. The fourth-order valence-corrected chi connectivity index (χ4v) is 4.78. The van der Waals surface area contributed by atoms with Gasteiger partial charge in [-0.05, 0) is 44.9 Å². The molecule has 0 N–H and O–H groups in total. The monoisotopic (exact) mass is 488 g/mol. The highest BCUT2D eigenvalue weighted by molar-refractivity contribution is 5.78. The normalized spacial score (nSPS) is 11.8. The van der Waals surface area contributed by atoms with E-state index in [2.05, 4.69) is 38.2 Å². The number of carbonyl (C=O) groups is 1. The van der Waals surface area contributed by atoms with E-state index in [4.69, 9.17) is 0 Å². The molecule has 0 aliphatic heterocycles.